The molecule has 6 heteroatoms. The van der Waals surface area contributed by atoms with Crippen LogP contribution in [0.2, 0.25) is 0 Å². The Morgan fingerprint density at radius 3 is 2.33 bits per heavy atom. The van der Waals surface area contributed by atoms with E-state index in [0.29, 0.717) is 35.6 Å². The highest BCUT2D eigenvalue weighted by Gasteiger charge is 2.26. The van der Waals surface area contributed by atoms with Crippen molar-refractivity contribution in [3.05, 3.63) is 76.9 Å². The van der Waals surface area contributed by atoms with Crippen LogP contribution in [0.15, 0.2) is 48.5 Å². The van der Waals surface area contributed by atoms with E-state index in [-0.39, 0.29) is 12.4 Å². The lowest BCUT2D eigenvalue weighted by molar-refractivity contribution is 0.0516. The van der Waals surface area contributed by atoms with Gasteiger partial charge in [-0.25, -0.2) is 9.18 Å². The van der Waals surface area contributed by atoms with Crippen molar-refractivity contribution in [3.63, 3.8) is 0 Å². The van der Waals surface area contributed by atoms with Gasteiger partial charge in [0.15, 0.2) is 0 Å². The molecular weight excluding hydrogens is 383 g/mol. The fraction of sp³-hybridized carbons (Fsp3) is 0.250. The molecule has 5 nitrogen and oxygen atoms in total. The summed E-state index contributed by atoms with van der Waals surface area (Å²) in [5.74, 6) is -0.114. The minimum Gasteiger partial charge on any atom is -0.489 e. The van der Waals surface area contributed by atoms with Crippen LogP contribution in [0.5, 0.6) is 5.75 Å². The third-order valence-electron chi connectivity index (χ3n) is 4.89. The number of aromatic nitrogens is 1. The van der Waals surface area contributed by atoms with Crippen LogP contribution in [-0.2, 0) is 24.8 Å². The summed E-state index contributed by atoms with van der Waals surface area (Å²) in [7, 11) is 1.77. The lowest BCUT2D eigenvalue weighted by Gasteiger charge is -2.10. The molecule has 0 amide bonds. The molecule has 0 aliphatic heterocycles. The first kappa shape index (κ1) is 21.1. The highest BCUT2D eigenvalue weighted by atomic mass is 19.1. The van der Waals surface area contributed by atoms with Crippen molar-refractivity contribution in [1.82, 2.24) is 4.57 Å². The number of benzene rings is 2. The van der Waals surface area contributed by atoms with E-state index in [0.717, 1.165) is 16.8 Å². The van der Waals surface area contributed by atoms with Crippen LogP contribution >= 0.6 is 0 Å². The number of carbonyl (C=O) groups is 1. The Labute approximate surface area is 175 Å². The third-order valence-corrected chi connectivity index (χ3v) is 4.89. The molecule has 3 aromatic rings. The first-order chi connectivity index (χ1) is 14.5. The fourth-order valence-electron chi connectivity index (χ4n) is 3.45. The molecule has 1 aromatic heterocycles. The summed E-state index contributed by atoms with van der Waals surface area (Å²) in [6.07, 6.45) is 0.616. The molecule has 0 aliphatic rings. The molecule has 0 N–H and O–H groups in total. The lowest BCUT2D eigenvalue weighted by Crippen LogP contribution is -2.12. The number of nitriles is 1. The van der Waals surface area contributed by atoms with E-state index in [4.69, 9.17) is 9.47 Å². The quantitative estimate of drug-likeness (QED) is 0.517. The number of hydrogen-bond donors (Lipinski definition) is 0. The first-order valence-electron chi connectivity index (χ1n) is 9.76. The van der Waals surface area contributed by atoms with Crippen LogP contribution < -0.4 is 4.74 Å². The zero-order valence-corrected chi connectivity index (χ0v) is 17.2. The molecule has 0 atom stereocenters. The molecule has 154 valence electrons. The second-order valence-electron chi connectivity index (χ2n) is 6.73. The number of carbonyl (C=O) groups excluding carboxylic acids is 1. The second-order valence-corrected chi connectivity index (χ2v) is 6.73. The molecule has 0 unspecified atom stereocenters. The molecule has 0 fully saturated rings. The Balaban J connectivity index is 1.92. The maximum Gasteiger partial charge on any atom is 0.355 e. The summed E-state index contributed by atoms with van der Waals surface area (Å²) in [5, 5.41) is 9.76. The summed E-state index contributed by atoms with van der Waals surface area (Å²) in [6.45, 7) is 4.26. The molecule has 0 bridgehead atoms. The van der Waals surface area contributed by atoms with E-state index in [1.807, 2.05) is 19.1 Å². The Morgan fingerprint density at radius 2 is 1.77 bits per heavy atom. The molecule has 30 heavy (non-hydrogen) atoms. The SMILES string of the molecule is CCOC(=O)c1c(-c2ccc(OCc3ccc(F)cc3)cc2)c(C#N)c(CC)n1C. The normalized spacial score (nSPS) is 10.5. The number of halogens is 1. The van der Waals surface area contributed by atoms with Gasteiger partial charge in [0, 0.05) is 18.3 Å². The predicted molar refractivity (Wildman–Crippen MR) is 112 cm³/mol. The van der Waals surface area contributed by atoms with Crippen molar-refractivity contribution in [2.45, 2.75) is 26.9 Å². The van der Waals surface area contributed by atoms with Crippen molar-refractivity contribution >= 4 is 5.97 Å². The van der Waals surface area contributed by atoms with E-state index in [1.165, 1.54) is 12.1 Å². The smallest absolute Gasteiger partial charge is 0.355 e. The lowest BCUT2D eigenvalue weighted by atomic mass is 10.00. The van der Waals surface area contributed by atoms with Crippen molar-refractivity contribution in [2.75, 3.05) is 6.61 Å². The zero-order valence-electron chi connectivity index (χ0n) is 17.2. The van der Waals surface area contributed by atoms with Crippen molar-refractivity contribution in [1.29, 1.82) is 5.26 Å². The Kier molecular flexibility index (Phi) is 6.53. The predicted octanol–water partition coefficient (Wildman–Crippen LogP) is 5.02. The molecular formula is C24H23FN2O3. The van der Waals surface area contributed by atoms with Gasteiger partial charge in [-0.1, -0.05) is 31.2 Å². The molecule has 1 heterocycles. The second kappa shape index (κ2) is 9.27. The highest BCUT2D eigenvalue weighted by molar-refractivity contribution is 5.98. The van der Waals surface area contributed by atoms with Crippen molar-refractivity contribution in [3.8, 4) is 22.9 Å². The Morgan fingerprint density at radius 1 is 1.10 bits per heavy atom. The molecule has 0 radical (unpaired) electrons. The third kappa shape index (κ3) is 4.20. The number of nitrogens with zero attached hydrogens (tertiary/aromatic N) is 2. The topological polar surface area (TPSA) is 64.2 Å². The van der Waals surface area contributed by atoms with Gasteiger partial charge in [0.2, 0.25) is 0 Å². The van der Waals surface area contributed by atoms with Crippen molar-refractivity contribution < 1.29 is 18.7 Å². The van der Waals surface area contributed by atoms with Gasteiger partial charge in [0.05, 0.1) is 12.2 Å². The zero-order chi connectivity index (χ0) is 21.7. The monoisotopic (exact) mass is 406 g/mol. The largest absolute Gasteiger partial charge is 0.489 e. The van der Waals surface area contributed by atoms with Gasteiger partial charge < -0.3 is 14.0 Å². The molecule has 3 rings (SSSR count). The van der Waals surface area contributed by atoms with Gasteiger partial charge in [0.1, 0.15) is 29.9 Å². The van der Waals surface area contributed by atoms with E-state index < -0.39 is 5.97 Å². The molecule has 0 spiro atoms. The molecule has 0 saturated heterocycles. The maximum absolute atomic E-state index is 13.0. The van der Waals surface area contributed by atoms with Crippen LogP contribution in [0, 0.1) is 17.1 Å². The average molecular weight is 406 g/mol. The fourth-order valence-corrected chi connectivity index (χ4v) is 3.45. The van der Waals surface area contributed by atoms with Gasteiger partial charge in [-0.2, -0.15) is 5.26 Å². The molecule has 2 aromatic carbocycles. The summed E-state index contributed by atoms with van der Waals surface area (Å²) < 4.78 is 25.7. The van der Waals surface area contributed by atoms with Gasteiger partial charge in [-0.3, -0.25) is 0 Å². The minimum atomic E-state index is -0.456. The summed E-state index contributed by atoms with van der Waals surface area (Å²) >= 11 is 0. The van der Waals surface area contributed by atoms with Gasteiger partial charge in [0.25, 0.3) is 0 Å². The standard InChI is InChI=1S/C24H23FN2O3/c1-4-21-20(14-26)22(23(27(21)3)24(28)29-5-2)17-8-12-19(13-9-17)30-15-16-6-10-18(25)11-7-16/h6-13H,4-5,15H2,1-3H3. The van der Waals surface area contributed by atoms with Crippen LogP contribution in [0.25, 0.3) is 11.1 Å². The summed E-state index contributed by atoms with van der Waals surface area (Å²) in [5.41, 5.74) is 3.78. The van der Waals surface area contributed by atoms with Crippen LogP contribution in [-0.4, -0.2) is 17.1 Å². The summed E-state index contributed by atoms with van der Waals surface area (Å²) in [4.78, 5) is 12.6. The van der Waals surface area contributed by atoms with E-state index in [2.05, 4.69) is 6.07 Å². The number of rotatable bonds is 7. The summed E-state index contributed by atoms with van der Waals surface area (Å²) in [6, 6.07) is 15.6. The first-order valence-corrected chi connectivity index (χ1v) is 9.76. The van der Waals surface area contributed by atoms with E-state index in [1.54, 1.807) is 42.8 Å². The highest BCUT2D eigenvalue weighted by Crippen LogP contribution is 2.34. The average Bonchev–Trinajstić information content (AvgIpc) is 3.05. The molecule has 0 aliphatic carbocycles. The van der Waals surface area contributed by atoms with E-state index in [9.17, 15) is 14.4 Å². The Bertz CT molecular complexity index is 1080. The van der Waals surface area contributed by atoms with Crippen molar-refractivity contribution in [2.24, 2.45) is 7.05 Å². The number of hydrogen-bond acceptors (Lipinski definition) is 4. The molecule has 0 saturated carbocycles. The van der Waals surface area contributed by atoms with Crippen LogP contribution in [0.4, 0.5) is 4.39 Å². The van der Waals surface area contributed by atoms with E-state index >= 15 is 0 Å². The number of esters is 1. The van der Waals surface area contributed by atoms with Gasteiger partial charge >= 0.3 is 5.97 Å². The van der Waals surface area contributed by atoms with Gasteiger partial charge in [-0.15, -0.1) is 0 Å². The van der Waals surface area contributed by atoms with Crippen LogP contribution in [0.1, 0.15) is 41.2 Å². The van der Waals surface area contributed by atoms with Gasteiger partial charge in [-0.05, 0) is 48.7 Å². The number of ether oxygens (including phenoxy) is 2. The van der Waals surface area contributed by atoms with Crippen LogP contribution in [0.3, 0.4) is 0 Å². The minimum absolute atomic E-state index is 0.253. The maximum atomic E-state index is 13.0. The Hall–Kier alpha value is -3.59.